The summed E-state index contributed by atoms with van der Waals surface area (Å²) in [4.78, 5) is 17.2. The Morgan fingerprint density at radius 1 is 1.50 bits per heavy atom. The molecule has 0 unspecified atom stereocenters. The number of nitrogens with zero attached hydrogens (tertiary/aromatic N) is 2. The van der Waals surface area contributed by atoms with Crippen molar-refractivity contribution in [3.05, 3.63) is 23.9 Å². The summed E-state index contributed by atoms with van der Waals surface area (Å²) in [5.74, 6) is 0.394. The van der Waals surface area contributed by atoms with Gasteiger partial charge in [-0.25, -0.2) is 4.98 Å². The number of pyridine rings is 1. The van der Waals surface area contributed by atoms with Gasteiger partial charge in [-0.3, -0.25) is 4.79 Å². The number of primary amides is 1. The van der Waals surface area contributed by atoms with Gasteiger partial charge in [0.1, 0.15) is 5.82 Å². The van der Waals surface area contributed by atoms with Gasteiger partial charge in [-0.1, -0.05) is 0 Å². The summed E-state index contributed by atoms with van der Waals surface area (Å²) in [5, 5.41) is 0. The van der Waals surface area contributed by atoms with Crippen molar-refractivity contribution in [2.24, 2.45) is 11.5 Å². The molecule has 0 saturated carbocycles. The first-order chi connectivity index (χ1) is 7.69. The van der Waals surface area contributed by atoms with E-state index in [-0.39, 0.29) is 0 Å². The summed E-state index contributed by atoms with van der Waals surface area (Å²) >= 11 is 0. The fourth-order valence-corrected chi connectivity index (χ4v) is 1.44. The van der Waals surface area contributed by atoms with Gasteiger partial charge < -0.3 is 16.4 Å². The van der Waals surface area contributed by atoms with Gasteiger partial charge in [0.05, 0.1) is 5.56 Å². The summed E-state index contributed by atoms with van der Waals surface area (Å²) in [6, 6.07) is 3.50. The molecule has 0 aliphatic rings. The highest BCUT2D eigenvalue weighted by molar-refractivity contribution is 5.92. The monoisotopic (exact) mass is 222 g/mol. The number of hydrogen-bond donors (Lipinski definition) is 2. The average Bonchev–Trinajstić information content (AvgIpc) is 2.30. The van der Waals surface area contributed by atoms with Crippen LogP contribution in [-0.4, -0.2) is 30.5 Å². The molecular weight excluding hydrogens is 204 g/mol. The van der Waals surface area contributed by atoms with Crippen LogP contribution < -0.4 is 16.4 Å². The number of carbonyl (C=O) groups excluding carboxylic acids is 1. The number of rotatable bonds is 6. The van der Waals surface area contributed by atoms with Crippen molar-refractivity contribution >= 4 is 11.7 Å². The van der Waals surface area contributed by atoms with Crippen LogP contribution in [0.1, 0.15) is 23.7 Å². The van der Waals surface area contributed by atoms with Crippen LogP contribution in [0.25, 0.3) is 0 Å². The lowest BCUT2D eigenvalue weighted by Crippen LogP contribution is -2.26. The maximum atomic E-state index is 10.9. The topological polar surface area (TPSA) is 85.2 Å². The fourth-order valence-electron chi connectivity index (χ4n) is 1.44. The Morgan fingerprint density at radius 2 is 2.25 bits per heavy atom. The normalized spacial score (nSPS) is 10.1. The smallest absolute Gasteiger partial charge is 0.250 e. The van der Waals surface area contributed by atoms with E-state index < -0.39 is 5.91 Å². The van der Waals surface area contributed by atoms with E-state index in [1.54, 1.807) is 12.1 Å². The molecule has 4 N–H and O–H groups in total. The van der Waals surface area contributed by atoms with Crippen molar-refractivity contribution in [1.82, 2.24) is 4.98 Å². The molecule has 1 heterocycles. The third kappa shape index (κ3) is 3.20. The van der Waals surface area contributed by atoms with Crippen LogP contribution >= 0.6 is 0 Å². The Labute approximate surface area is 95.4 Å². The van der Waals surface area contributed by atoms with Crippen molar-refractivity contribution in [2.75, 3.05) is 24.5 Å². The van der Waals surface area contributed by atoms with E-state index in [4.69, 9.17) is 11.5 Å². The molecule has 5 nitrogen and oxygen atoms in total. The molecule has 1 amide bonds. The van der Waals surface area contributed by atoms with E-state index in [1.807, 2.05) is 0 Å². The quantitative estimate of drug-likeness (QED) is 0.727. The van der Waals surface area contributed by atoms with Gasteiger partial charge in [-0.05, 0) is 32.0 Å². The number of amides is 1. The molecule has 0 atom stereocenters. The summed E-state index contributed by atoms with van der Waals surface area (Å²) in [7, 11) is 0. The summed E-state index contributed by atoms with van der Waals surface area (Å²) in [6.45, 7) is 4.45. The molecule has 0 fully saturated rings. The molecule has 1 aromatic heterocycles. The number of anilines is 1. The molecule has 0 aliphatic carbocycles. The van der Waals surface area contributed by atoms with Crippen molar-refractivity contribution in [1.29, 1.82) is 0 Å². The fraction of sp³-hybridized carbons (Fsp3) is 0.455. The molecular formula is C11H18N4O. The summed E-state index contributed by atoms with van der Waals surface area (Å²) in [5.41, 5.74) is 11.0. The highest BCUT2D eigenvalue weighted by Gasteiger charge is 2.06. The predicted octanol–water partition coefficient (Wildman–Crippen LogP) is 0.356. The number of carbonyl (C=O) groups is 1. The molecule has 1 rings (SSSR count). The van der Waals surface area contributed by atoms with Gasteiger partial charge in [-0.15, -0.1) is 0 Å². The van der Waals surface area contributed by atoms with Crippen LogP contribution in [-0.2, 0) is 0 Å². The Kier molecular flexibility index (Phi) is 4.72. The zero-order valence-electron chi connectivity index (χ0n) is 9.52. The van der Waals surface area contributed by atoms with Gasteiger partial charge in [0.2, 0.25) is 5.91 Å². The zero-order chi connectivity index (χ0) is 12.0. The molecule has 0 radical (unpaired) electrons. The SMILES string of the molecule is CCN(CCCN)c1ccc(C(N)=O)cn1. The number of nitrogens with two attached hydrogens (primary N) is 2. The van der Waals surface area contributed by atoms with Crippen molar-refractivity contribution in [2.45, 2.75) is 13.3 Å². The lowest BCUT2D eigenvalue weighted by Gasteiger charge is -2.21. The van der Waals surface area contributed by atoms with Crippen LogP contribution in [0, 0.1) is 0 Å². The maximum Gasteiger partial charge on any atom is 0.250 e. The van der Waals surface area contributed by atoms with E-state index in [0.29, 0.717) is 12.1 Å². The van der Waals surface area contributed by atoms with Crippen LogP contribution in [0.4, 0.5) is 5.82 Å². The highest BCUT2D eigenvalue weighted by Crippen LogP contribution is 2.11. The molecule has 0 aromatic carbocycles. The minimum Gasteiger partial charge on any atom is -0.366 e. The Hall–Kier alpha value is -1.62. The first-order valence-corrected chi connectivity index (χ1v) is 5.40. The van der Waals surface area contributed by atoms with Gasteiger partial charge in [0.25, 0.3) is 0 Å². The lowest BCUT2D eigenvalue weighted by molar-refractivity contribution is 0.1000. The standard InChI is InChI=1S/C11H18N4O/c1-2-15(7-3-6-12)10-5-4-9(8-14-10)11(13)16/h4-5,8H,2-3,6-7,12H2,1H3,(H2,13,16). The van der Waals surface area contributed by atoms with Gasteiger partial charge in [-0.2, -0.15) is 0 Å². The molecule has 0 spiro atoms. The molecule has 0 aliphatic heterocycles. The minimum absolute atomic E-state index is 0.429. The number of hydrogen-bond acceptors (Lipinski definition) is 4. The van der Waals surface area contributed by atoms with E-state index in [0.717, 1.165) is 25.3 Å². The largest absolute Gasteiger partial charge is 0.366 e. The van der Waals surface area contributed by atoms with Crippen LogP contribution in [0.2, 0.25) is 0 Å². The van der Waals surface area contributed by atoms with Crippen molar-refractivity contribution < 1.29 is 4.79 Å². The summed E-state index contributed by atoms with van der Waals surface area (Å²) in [6.07, 6.45) is 2.43. The van der Waals surface area contributed by atoms with Gasteiger partial charge in [0, 0.05) is 19.3 Å². The number of aromatic nitrogens is 1. The average molecular weight is 222 g/mol. The Bertz CT molecular complexity index is 336. The first kappa shape index (κ1) is 12.4. The van der Waals surface area contributed by atoms with Crippen LogP contribution in [0.15, 0.2) is 18.3 Å². The predicted molar refractivity (Wildman–Crippen MR) is 64.3 cm³/mol. The summed E-state index contributed by atoms with van der Waals surface area (Å²) < 4.78 is 0. The maximum absolute atomic E-state index is 10.9. The highest BCUT2D eigenvalue weighted by atomic mass is 16.1. The second kappa shape index (κ2) is 6.07. The molecule has 16 heavy (non-hydrogen) atoms. The Balaban J connectivity index is 2.74. The van der Waals surface area contributed by atoms with Gasteiger partial charge in [0.15, 0.2) is 0 Å². The first-order valence-electron chi connectivity index (χ1n) is 5.40. The second-order valence-corrected chi connectivity index (χ2v) is 3.49. The van der Waals surface area contributed by atoms with Crippen molar-refractivity contribution in [3.63, 3.8) is 0 Å². The molecule has 0 bridgehead atoms. The molecule has 88 valence electrons. The van der Waals surface area contributed by atoms with E-state index in [9.17, 15) is 4.79 Å². The van der Waals surface area contributed by atoms with E-state index >= 15 is 0 Å². The van der Waals surface area contributed by atoms with E-state index in [2.05, 4.69) is 16.8 Å². The zero-order valence-corrected chi connectivity index (χ0v) is 9.52. The third-order valence-electron chi connectivity index (χ3n) is 2.37. The van der Waals surface area contributed by atoms with Gasteiger partial charge >= 0.3 is 0 Å². The van der Waals surface area contributed by atoms with E-state index in [1.165, 1.54) is 6.20 Å². The third-order valence-corrected chi connectivity index (χ3v) is 2.37. The molecule has 0 saturated heterocycles. The second-order valence-electron chi connectivity index (χ2n) is 3.49. The van der Waals surface area contributed by atoms with Crippen LogP contribution in [0.5, 0.6) is 0 Å². The van der Waals surface area contributed by atoms with Crippen LogP contribution in [0.3, 0.4) is 0 Å². The Morgan fingerprint density at radius 3 is 2.69 bits per heavy atom. The lowest BCUT2D eigenvalue weighted by atomic mass is 10.2. The molecule has 1 aromatic rings. The minimum atomic E-state index is -0.455. The van der Waals surface area contributed by atoms with Crippen molar-refractivity contribution in [3.8, 4) is 0 Å². The molecule has 5 heteroatoms.